The van der Waals surface area contributed by atoms with E-state index in [0.29, 0.717) is 0 Å². The van der Waals surface area contributed by atoms with Crippen LogP contribution in [0.4, 0.5) is 5.82 Å². The summed E-state index contributed by atoms with van der Waals surface area (Å²) in [4.78, 5) is 7.28. The molecule has 1 aliphatic heterocycles. The minimum atomic E-state index is 0.885. The molecule has 1 N–H and O–H groups in total. The molecule has 106 valence electrons. The Balaban J connectivity index is 2.06. The molecule has 0 radical (unpaired) electrons. The first-order chi connectivity index (χ1) is 9.81. The summed E-state index contributed by atoms with van der Waals surface area (Å²) in [6, 6.07) is 8.33. The molecule has 4 heteroatoms. The molecule has 0 aliphatic carbocycles. The lowest BCUT2D eigenvalue weighted by molar-refractivity contribution is 0.415. The van der Waals surface area contributed by atoms with Crippen LogP contribution in [0.1, 0.15) is 12.5 Å². The minimum absolute atomic E-state index is 0.885. The van der Waals surface area contributed by atoms with Crippen LogP contribution in [0.2, 0.25) is 0 Å². The lowest BCUT2D eigenvalue weighted by Gasteiger charge is -2.30. The van der Waals surface area contributed by atoms with Gasteiger partial charge in [-0.2, -0.15) is 0 Å². The molecule has 1 saturated heterocycles. The van der Waals surface area contributed by atoms with Crippen molar-refractivity contribution in [2.24, 2.45) is 0 Å². The number of hydrogen-bond acceptors (Lipinski definition) is 4. The number of piperazine rings is 1. The third-order valence-corrected chi connectivity index (χ3v) is 3.88. The molecule has 1 aromatic carbocycles. The molecule has 1 fully saturated rings. The van der Waals surface area contributed by atoms with Gasteiger partial charge in [-0.1, -0.05) is 6.92 Å². The summed E-state index contributed by atoms with van der Waals surface area (Å²) in [5.41, 5.74) is 2.35. The number of rotatable bonds is 3. The van der Waals surface area contributed by atoms with Gasteiger partial charge in [-0.3, -0.25) is 0 Å². The molecular weight excluding hydrogens is 250 g/mol. The lowest BCUT2D eigenvalue weighted by atomic mass is 10.1. The molecule has 1 aromatic heterocycles. The topological polar surface area (TPSA) is 37.4 Å². The van der Waals surface area contributed by atoms with Crippen molar-refractivity contribution in [3.63, 3.8) is 0 Å². The van der Waals surface area contributed by atoms with E-state index in [1.165, 1.54) is 5.56 Å². The molecule has 2 heterocycles. The number of fused-ring (bicyclic) bond motifs is 1. The molecule has 0 spiro atoms. The number of benzene rings is 1. The van der Waals surface area contributed by atoms with Crippen molar-refractivity contribution >= 4 is 16.7 Å². The highest BCUT2D eigenvalue weighted by atomic mass is 16.5. The third-order valence-electron chi connectivity index (χ3n) is 3.88. The third kappa shape index (κ3) is 2.43. The Hall–Kier alpha value is -1.81. The smallest absolute Gasteiger partial charge is 0.132 e. The molecular formula is C16H21N3O. The summed E-state index contributed by atoms with van der Waals surface area (Å²) >= 11 is 0. The molecule has 0 atom stereocenters. The fraction of sp³-hybridized carbons (Fsp3) is 0.438. The number of pyridine rings is 1. The first-order valence-corrected chi connectivity index (χ1v) is 7.25. The fourth-order valence-electron chi connectivity index (χ4n) is 2.73. The molecule has 0 saturated carbocycles. The van der Waals surface area contributed by atoms with Crippen LogP contribution in [-0.2, 0) is 6.42 Å². The summed E-state index contributed by atoms with van der Waals surface area (Å²) in [6.07, 6.45) is 0.999. The van der Waals surface area contributed by atoms with Crippen molar-refractivity contribution in [3.8, 4) is 5.75 Å². The Labute approximate surface area is 119 Å². The van der Waals surface area contributed by atoms with Gasteiger partial charge >= 0.3 is 0 Å². The molecule has 4 nitrogen and oxygen atoms in total. The number of anilines is 1. The zero-order chi connectivity index (χ0) is 13.9. The number of hydrogen-bond donors (Lipinski definition) is 1. The van der Waals surface area contributed by atoms with Gasteiger partial charge in [0.05, 0.1) is 12.6 Å². The van der Waals surface area contributed by atoms with Crippen LogP contribution in [0.5, 0.6) is 5.75 Å². The van der Waals surface area contributed by atoms with E-state index in [9.17, 15) is 0 Å². The molecule has 0 unspecified atom stereocenters. The second kappa shape index (κ2) is 5.67. The van der Waals surface area contributed by atoms with E-state index in [0.717, 1.165) is 55.1 Å². The molecule has 1 aliphatic rings. The van der Waals surface area contributed by atoms with Crippen molar-refractivity contribution in [3.05, 3.63) is 29.8 Å². The Morgan fingerprint density at radius 1 is 1.25 bits per heavy atom. The van der Waals surface area contributed by atoms with Crippen LogP contribution < -0.4 is 15.0 Å². The predicted molar refractivity (Wildman–Crippen MR) is 82.8 cm³/mol. The van der Waals surface area contributed by atoms with E-state index in [2.05, 4.69) is 29.3 Å². The summed E-state index contributed by atoms with van der Waals surface area (Å²) in [5, 5.41) is 4.54. The average molecular weight is 271 g/mol. The van der Waals surface area contributed by atoms with Crippen LogP contribution in [0.3, 0.4) is 0 Å². The van der Waals surface area contributed by atoms with E-state index >= 15 is 0 Å². The molecule has 0 amide bonds. The molecule has 0 bridgehead atoms. The Kier molecular flexibility index (Phi) is 3.74. The van der Waals surface area contributed by atoms with E-state index in [1.807, 2.05) is 12.1 Å². The number of nitrogens with zero attached hydrogens (tertiary/aromatic N) is 2. The van der Waals surface area contributed by atoms with Crippen molar-refractivity contribution in [2.45, 2.75) is 13.3 Å². The van der Waals surface area contributed by atoms with Gasteiger partial charge in [-0.05, 0) is 36.2 Å². The Morgan fingerprint density at radius 2 is 2.05 bits per heavy atom. The summed E-state index contributed by atoms with van der Waals surface area (Å²) < 4.78 is 5.30. The SMILES string of the molecule is CCc1cc2cc(OC)ccc2nc1N1CCNCC1. The van der Waals surface area contributed by atoms with E-state index < -0.39 is 0 Å². The highest BCUT2D eigenvalue weighted by Gasteiger charge is 2.16. The van der Waals surface area contributed by atoms with Gasteiger partial charge < -0.3 is 15.0 Å². The van der Waals surface area contributed by atoms with Gasteiger partial charge in [-0.15, -0.1) is 0 Å². The predicted octanol–water partition coefficient (Wildman–Crippen LogP) is 2.22. The maximum Gasteiger partial charge on any atom is 0.132 e. The standard InChI is InChI=1S/C16H21N3O/c1-3-12-10-13-11-14(20-2)4-5-15(13)18-16(12)19-8-6-17-7-9-19/h4-5,10-11,17H,3,6-9H2,1-2H3. The maximum atomic E-state index is 5.30. The average Bonchev–Trinajstić information content (AvgIpc) is 2.53. The number of aryl methyl sites for hydroxylation is 1. The van der Waals surface area contributed by atoms with E-state index in [4.69, 9.17) is 9.72 Å². The summed E-state index contributed by atoms with van der Waals surface area (Å²) in [6.45, 7) is 6.31. The number of ether oxygens (including phenoxy) is 1. The van der Waals surface area contributed by atoms with Gasteiger partial charge in [0.1, 0.15) is 11.6 Å². The second-order valence-electron chi connectivity index (χ2n) is 5.12. The van der Waals surface area contributed by atoms with Gasteiger partial charge in [0.2, 0.25) is 0 Å². The van der Waals surface area contributed by atoms with E-state index in [-0.39, 0.29) is 0 Å². The van der Waals surface area contributed by atoms with Crippen molar-refractivity contribution in [1.82, 2.24) is 10.3 Å². The van der Waals surface area contributed by atoms with E-state index in [1.54, 1.807) is 7.11 Å². The quantitative estimate of drug-likeness (QED) is 0.929. The zero-order valence-corrected chi connectivity index (χ0v) is 12.1. The van der Waals surface area contributed by atoms with Crippen LogP contribution in [-0.4, -0.2) is 38.3 Å². The minimum Gasteiger partial charge on any atom is -0.497 e. The second-order valence-corrected chi connectivity index (χ2v) is 5.12. The van der Waals surface area contributed by atoms with Crippen LogP contribution in [0, 0.1) is 0 Å². The van der Waals surface area contributed by atoms with Crippen LogP contribution >= 0.6 is 0 Å². The summed E-state index contributed by atoms with van der Waals surface area (Å²) in [5.74, 6) is 2.03. The van der Waals surface area contributed by atoms with Crippen molar-refractivity contribution in [2.75, 3.05) is 38.2 Å². The van der Waals surface area contributed by atoms with Crippen molar-refractivity contribution < 1.29 is 4.74 Å². The Bertz CT molecular complexity index is 606. The maximum absolute atomic E-state index is 5.30. The largest absolute Gasteiger partial charge is 0.497 e. The monoisotopic (exact) mass is 271 g/mol. The highest BCUT2D eigenvalue weighted by Crippen LogP contribution is 2.27. The first kappa shape index (κ1) is 13.2. The summed E-state index contributed by atoms with van der Waals surface area (Å²) in [7, 11) is 1.70. The van der Waals surface area contributed by atoms with Gasteiger partial charge in [0.15, 0.2) is 0 Å². The first-order valence-electron chi connectivity index (χ1n) is 7.25. The number of nitrogens with one attached hydrogen (secondary N) is 1. The zero-order valence-electron chi connectivity index (χ0n) is 12.1. The number of methoxy groups -OCH3 is 1. The van der Waals surface area contributed by atoms with Crippen molar-refractivity contribution in [1.29, 1.82) is 0 Å². The van der Waals surface area contributed by atoms with Gasteiger partial charge in [0.25, 0.3) is 0 Å². The molecule has 3 rings (SSSR count). The van der Waals surface area contributed by atoms with Crippen LogP contribution in [0.15, 0.2) is 24.3 Å². The highest BCUT2D eigenvalue weighted by molar-refractivity contribution is 5.83. The van der Waals surface area contributed by atoms with Gasteiger partial charge in [0, 0.05) is 31.6 Å². The Morgan fingerprint density at radius 3 is 2.75 bits per heavy atom. The number of aromatic nitrogens is 1. The lowest BCUT2D eigenvalue weighted by Crippen LogP contribution is -2.44. The fourth-order valence-corrected chi connectivity index (χ4v) is 2.73. The normalized spacial score (nSPS) is 15.6. The molecule has 2 aromatic rings. The van der Waals surface area contributed by atoms with Gasteiger partial charge in [-0.25, -0.2) is 4.98 Å². The van der Waals surface area contributed by atoms with Crippen LogP contribution in [0.25, 0.3) is 10.9 Å². The molecule has 20 heavy (non-hydrogen) atoms.